The molecule has 2 aliphatic rings. The van der Waals surface area contributed by atoms with Crippen LogP contribution in [0.25, 0.3) is 0 Å². The van der Waals surface area contributed by atoms with Crippen LogP contribution in [0.5, 0.6) is 0 Å². The summed E-state index contributed by atoms with van der Waals surface area (Å²) in [5, 5.41) is 8.42. The van der Waals surface area contributed by atoms with E-state index in [1.54, 1.807) is 0 Å². The second kappa shape index (κ2) is 5.58. The highest BCUT2D eigenvalue weighted by Crippen LogP contribution is 2.41. The molecule has 0 aliphatic carbocycles. The zero-order chi connectivity index (χ0) is 14.1. The second-order valence-electron chi connectivity index (χ2n) is 5.58. The Hall–Kier alpha value is -1.72. The third-order valence-corrected chi connectivity index (χ3v) is 4.20. The molecule has 1 aromatic carbocycles. The molecule has 2 aromatic rings. The molecule has 2 fully saturated rings. The first-order valence-corrected chi connectivity index (χ1v) is 7.53. The normalized spacial score (nSPS) is 29.0. The van der Waals surface area contributed by atoms with Crippen molar-refractivity contribution in [2.75, 3.05) is 13.2 Å². The molecule has 0 N–H and O–H groups in total. The second-order valence-corrected chi connectivity index (χ2v) is 5.58. The topological polar surface area (TPSA) is 57.4 Å². The monoisotopic (exact) mass is 286 g/mol. The van der Waals surface area contributed by atoms with E-state index in [0.717, 1.165) is 38.0 Å². The molecule has 3 heterocycles. The fourth-order valence-electron chi connectivity index (χ4n) is 3.11. The third-order valence-electron chi connectivity index (χ3n) is 4.20. The first kappa shape index (κ1) is 13.0. The molecule has 5 nitrogen and oxygen atoms in total. The molecule has 0 spiro atoms. The maximum Gasteiger partial charge on any atom is 0.245 e. The highest BCUT2D eigenvalue weighted by atomic mass is 16.5. The van der Waals surface area contributed by atoms with Crippen molar-refractivity contribution in [3.8, 4) is 0 Å². The Kier molecular flexibility index (Phi) is 3.45. The number of hydrogen-bond donors (Lipinski definition) is 0. The van der Waals surface area contributed by atoms with Crippen molar-refractivity contribution >= 4 is 0 Å². The van der Waals surface area contributed by atoms with Gasteiger partial charge in [-0.2, -0.15) is 0 Å². The molecule has 0 saturated carbocycles. The first-order valence-electron chi connectivity index (χ1n) is 7.53. The summed E-state index contributed by atoms with van der Waals surface area (Å²) in [6, 6.07) is 10.2. The summed E-state index contributed by atoms with van der Waals surface area (Å²) >= 11 is 0. The van der Waals surface area contributed by atoms with E-state index in [-0.39, 0.29) is 18.1 Å². The van der Waals surface area contributed by atoms with Crippen LogP contribution in [0.1, 0.15) is 54.7 Å². The molecule has 1 unspecified atom stereocenters. The van der Waals surface area contributed by atoms with Crippen LogP contribution in [-0.4, -0.2) is 23.4 Å². The van der Waals surface area contributed by atoms with Crippen LogP contribution in [0, 0.1) is 0 Å². The van der Waals surface area contributed by atoms with Crippen LogP contribution < -0.4 is 0 Å². The predicted octanol–water partition coefficient (Wildman–Crippen LogP) is 3.17. The summed E-state index contributed by atoms with van der Waals surface area (Å²) in [7, 11) is 0. The summed E-state index contributed by atoms with van der Waals surface area (Å²) in [4.78, 5) is 0. The summed E-state index contributed by atoms with van der Waals surface area (Å²) in [6.45, 7) is 1.50. The predicted molar refractivity (Wildman–Crippen MR) is 74.7 cm³/mol. The van der Waals surface area contributed by atoms with Crippen molar-refractivity contribution in [2.45, 2.75) is 37.4 Å². The molecule has 5 heteroatoms. The minimum Gasteiger partial charge on any atom is -0.422 e. The molecule has 4 rings (SSSR count). The fourth-order valence-corrected chi connectivity index (χ4v) is 3.11. The number of nitrogens with zero attached hydrogens (tertiary/aromatic N) is 2. The molecular formula is C16H18N2O3. The maximum absolute atomic E-state index is 5.88. The van der Waals surface area contributed by atoms with Crippen molar-refractivity contribution in [2.24, 2.45) is 0 Å². The standard InChI is InChI=1S/C16H18N2O3/c1-2-5-11(6-3-1)14-12(8-10-20-14)15-17-18-16(21-15)13-7-4-9-19-13/h1-3,5-6,12-14H,4,7-10H2/t12-,13?,14+/m0/s1. The Bertz CT molecular complexity index is 593. The van der Waals surface area contributed by atoms with E-state index in [0.29, 0.717) is 11.8 Å². The van der Waals surface area contributed by atoms with E-state index >= 15 is 0 Å². The Morgan fingerprint density at radius 3 is 2.57 bits per heavy atom. The van der Waals surface area contributed by atoms with Gasteiger partial charge < -0.3 is 13.9 Å². The highest BCUT2D eigenvalue weighted by Gasteiger charge is 2.35. The van der Waals surface area contributed by atoms with Gasteiger partial charge in [0.05, 0.1) is 12.0 Å². The van der Waals surface area contributed by atoms with Gasteiger partial charge in [0.25, 0.3) is 0 Å². The van der Waals surface area contributed by atoms with Gasteiger partial charge in [0.1, 0.15) is 6.10 Å². The van der Waals surface area contributed by atoms with Gasteiger partial charge in [0, 0.05) is 13.2 Å². The first-order chi connectivity index (χ1) is 10.4. The van der Waals surface area contributed by atoms with E-state index in [2.05, 4.69) is 22.3 Å². The lowest BCUT2D eigenvalue weighted by Gasteiger charge is -2.15. The van der Waals surface area contributed by atoms with Crippen molar-refractivity contribution < 1.29 is 13.9 Å². The average Bonchev–Trinajstić information content (AvgIpc) is 3.27. The van der Waals surface area contributed by atoms with E-state index in [1.165, 1.54) is 0 Å². The van der Waals surface area contributed by atoms with Gasteiger partial charge in [0.2, 0.25) is 11.8 Å². The Balaban J connectivity index is 1.57. The molecule has 0 bridgehead atoms. The zero-order valence-corrected chi connectivity index (χ0v) is 11.8. The lowest BCUT2D eigenvalue weighted by molar-refractivity contribution is 0.0832. The molecule has 2 aliphatic heterocycles. The average molecular weight is 286 g/mol. The van der Waals surface area contributed by atoms with E-state index in [9.17, 15) is 0 Å². The quantitative estimate of drug-likeness (QED) is 0.867. The van der Waals surface area contributed by atoms with Gasteiger partial charge >= 0.3 is 0 Å². The molecule has 21 heavy (non-hydrogen) atoms. The molecule has 0 radical (unpaired) electrons. The molecule has 3 atom stereocenters. The van der Waals surface area contributed by atoms with E-state index < -0.39 is 0 Å². The van der Waals surface area contributed by atoms with E-state index in [1.807, 2.05) is 18.2 Å². The maximum atomic E-state index is 5.88. The number of benzene rings is 1. The summed E-state index contributed by atoms with van der Waals surface area (Å²) in [5.74, 6) is 1.42. The van der Waals surface area contributed by atoms with Gasteiger partial charge in [-0.3, -0.25) is 0 Å². The summed E-state index contributed by atoms with van der Waals surface area (Å²) < 4.78 is 17.4. The number of rotatable bonds is 3. The Morgan fingerprint density at radius 1 is 0.905 bits per heavy atom. The van der Waals surface area contributed by atoms with Gasteiger partial charge in [0.15, 0.2) is 0 Å². The number of hydrogen-bond acceptors (Lipinski definition) is 5. The molecule has 110 valence electrons. The van der Waals surface area contributed by atoms with Crippen LogP contribution in [0.2, 0.25) is 0 Å². The highest BCUT2D eigenvalue weighted by molar-refractivity contribution is 5.21. The van der Waals surface area contributed by atoms with Gasteiger partial charge in [-0.1, -0.05) is 30.3 Å². The minimum absolute atomic E-state index is 0.00370. The summed E-state index contributed by atoms with van der Waals surface area (Å²) in [6.07, 6.45) is 2.91. The van der Waals surface area contributed by atoms with Crippen LogP contribution in [0.3, 0.4) is 0 Å². The van der Waals surface area contributed by atoms with Crippen molar-refractivity contribution in [3.63, 3.8) is 0 Å². The molecular weight excluding hydrogens is 268 g/mol. The van der Waals surface area contributed by atoms with Crippen molar-refractivity contribution in [3.05, 3.63) is 47.7 Å². The van der Waals surface area contributed by atoms with Gasteiger partial charge in [-0.15, -0.1) is 10.2 Å². The largest absolute Gasteiger partial charge is 0.422 e. The zero-order valence-electron chi connectivity index (χ0n) is 11.8. The summed E-state index contributed by atoms with van der Waals surface area (Å²) in [5.41, 5.74) is 1.16. The van der Waals surface area contributed by atoms with Gasteiger partial charge in [-0.25, -0.2) is 0 Å². The minimum atomic E-state index is -0.0243. The Labute approximate surface area is 123 Å². The number of aromatic nitrogens is 2. The van der Waals surface area contributed by atoms with Crippen molar-refractivity contribution in [1.29, 1.82) is 0 Å². The van der Waals surface area contributed by atoms with Crippen LogP contribution in [-0.2, 0) is 9.47 Å². The van der Waals surface area contributed by atoms with Crippen LogP contribution in [0.15, 0.2) is 34.7 Å². The van der Waals surface area contributed by atoms with Crippen molar-refractivity contribution in [1.82, 2.24) is 10.2 Å². The van der Waals surface area contributed by atoms with E-state index in [4.69, 9.17) is 13.9 Å². The van der Waals surface area contributed by atoms with Gasteiger partial charge in [-0.05, 0) is 24.8 Å². The lowest BCUT2D eigenvalue weighted by Crippen LogP contribution is -2.06. The molecule has 0 amide bonds. The Morgan fingerprint density at radius 2 is 1.76 bits per heavy atom. The van der Waals surface area contributed by atoms with Crippen LogP contribution in [0.4, 0.5) is 0 Å². The smallest absolute Gasteiger partial charge is 0.245 e. The third kappa shape index (κ3) is 2.47. The fraction of sp³-hybridized carbons (Fsp3) is 0.500. The SMILES string of the molecule is c1ccc([C@H]2OCC[C@@H]2c2nnc(C3CCCO3)o2)cc1. The molecule has 1 aromatic heterocycles. The lowest BCUT2D eigenvalue weighted by atomic mass is 9.95. The molecule has 2 saturated heterocycles. The number of ether oxygens (including phenoxy) is 2. The van der Waals surface area contributed by atoms with Crippen LogP contribution >= 0.6 is 0 Å².